The molecule has 1 amide bonds. The van der Waals surface area contributed by atoms with Gasteiger partial charge in [-0.1, -0.05) is 58.0 Å². The molecule has 5 heterocycles. The zero-order chi connectivity index (χ0) is 49.0. The minimum absolute atomic E-state index is 0.109. The highest BCUT2D eigenvalue weighted by atomic mass is 16.7. The number of Topliss-reactive ketones (excluding diaryl/α,β-unsaturated/α-hetero) is 1. The van der Waals surface area contributed by atoms with Crippen molar-refractivity contribution in [1.82, 2.24) is 29.8 Å². The molecule has 0 radical (unpaired) electrons. The SMILES string of the molecule is CC[C@H]1OC(=O)[C@H](C)C(OC(=O)Cc2cccnc2)[C@H](C)[C@@H](O[C@]2(C)O[C@H](C)C[C@H](N(C)CC)[C@H]2O)[C@](C)(OC)C[C@@H](C)C(=O)[C@H](C)[C@H]2N(CCCCn3nnc4ccccc43)C(=O)O[C@]12C. The molecule has 370 valence electrons. The van der Waals surface area contributed by atoms with E-state index in [2.05, 4.69) is 20.2 Å². The summed E-state index contributed by atoms with van der Waals surface area (Å²) >= 11 is 0. The van der Waals surface area contributed by atoms with Crippen LogP contribution in [0.3, 0.4) is 0 Å². The number of cyclic esters (lactones) is 1. The van der Waals surface area contributed by atoms with E-state index in [1.807, 2.05) is 77.5 Å². The number of amides is 1. The first-order chi connectivity index (χ1) is 31.7. The maximum atomic E-state index is 15.1. The summed E-state index contributed by atoms with van der Waals surface area (Å²) in [4.78, 5) is 65.8. The van der Waals surface area contributed by atoms with Crippen LogP contribution < -0.4 is 0 Å². The van der Waals surface area contributed by atoms with Crippen molar-refractivity contribution in [3.8, 4) is 0 Å². The number of carbonyl (C=O) groups is 4. The lowest BCUT2D eigenvalue weighted by molar-refractivity contribution is -0.359. The average molecular weight is 935 g/mol. The molecule has 6 rings (SSSR count). The van der Waals surface area contributed by atoms with Gasteiger partial charge in [0.25, 0.3) is 0 Å². The van der Waals surface area contributed by atoms with Crippen LogP contribution in [0, 0.1) is 23.7 Å². The van der Waals surface area contributed by atoms with E-state index in [0.29, 0.717) is 37.9 Å². The molecule has 1 N–H and O–H groups in total. The molecule has 67 heavy (non-hydrogen) atoms. The summed E-state index contributed by atoms with van der Waals surface area (Å²) in [7, 11) is 3.47. The summed E-state index contributed by atoms with van der Waals surface area (Å²) in [5.41, 5.74) is -0.453. The quantitative estimate of drug-likeness (QED) is 0.109. The number of pyridine rings is 1. The molecule has 0 aliphatic carbocycles. The van der Waals surface area contributed by atoms with Crippen molar-refractivity contribution in [3.05, 3.63) is 54.4 Å². The predicted octanol–water partition coefficient (Wildman–Crippen LogP) is 6.18. The van der Waals surface area contributed by atoms with Gasteiger partial charge in [-0.3, -0.25) is 19.4 Å². The minimum atomic E-state index is -1.61. The van der Waals surface area contributed by atoms with Crippen LogP contribution in [-0.2, 0) is 55.8 Å². The molecule has 3 aliphatic rings. The number of unbranched alkanes of at least 4 members (excludes halogenated alkanes) is 1. The Morgan fingerprint density at radius 1 is 0.985 bits per heavy atom. The lowest BCUT2D eigenvalue weighted by Crippen LogP contribution is -2.65. The van der Waals surface area contributed by atoms with Crippen LogP contribution in [0.25, 0.3) is 11.0 Å². The number of para-hydroxylation sites is 1. The van der Waals surface area contributed by atoms with Crippen LogP contribution in [-0.4, -0.2) is 146 Å². The van der Waals surface area contributed by atoms with Crippen molar-refractivity contribution in [3.63, 3.8) is 0 Å². The molecule has 17 heteroatoms. The second-order valence-corrected chi connectivity index (χ2v) is 19.8. The van der Waals surface area contributed by atoms with Gasteiger partial charge in [0.2, 0.25) is 0 Å². The van der Waals surface area contributed by atoms with Crippen LogP contribution in [0.2, 0.25) is 0 Å². The summed E-state index contributed by atoms with van der Waals surface area (Å²) in [5.74, 6) is -6.49. The molecule has 0 bridgehead atoms. The van der Waals surface area contributed by atoms with E-state index in [-0.39, 0.29) is 43.7 Å². The van der Waals surface area contributed by atoms with Gasteiger partial charge in [0.05, 0.1) is 41.7 Å². The lowest BCUT2D eigenvalue weighted by atomic mass is 9.73. The smallest absolute Gasteiger partial charge is 0.410 e. The molecule has 3 aliphatic heterocycles. The largest absolute Gasteiger partial charge is 0.461 e. The number of rotatable bonds is 14. The number of methoxy groups -OCH3 is 1. The maximum absolute atomic E-state index is 15.1. The third-order valence-electron chi connectivity index (χ3n) is 14.9. The molecule has 0 saturated carbocycles. The van der Waals surface area contributed by atoms with Gasteiger partial charge in [-0.15, -0.1) is 5.10 Å². The molecule has 3 fully saturated rings. The number of nitrogens with zero attached hydrogens (tertiary/aromatic N) is 6. The van der Waals surface area contributed by atoms with Crippen LogP contribution in [0.15, 0.2) is 48.8 Å². The Hall–Kier alpha value is -4.55. The first kappa shape index (κ1) is 51.8. The monoisotopic (exact) mass is 935 g/mol. The fraction of sp³-hybridized carbons (Fsp3) is 0.700. The zero-order valence-electron chi connectivity index (χ0n) is 41.5. The van der Waals surface area contributed by atoms with Crippen LogP contribution in [0.4, 0.5) is 4.79 Å². The molecular formula is C50H74N6O11. The Morgan fingerprint density at radius 2 is 1.70 bits per heavy atom. The van der Waals surface area contributed by atoms with Crippen molar-refractivity contribution < 1.29 is 52.7 Å². The van der Waals surface area contributed by atoms with E-state index in [1.165, 1.54) is 7.11 Å². The molecule has 1 unspecified atom stereocenters. The predicted molar refractivity (Wildman–Crippen MR) is 248 cm³/mol. The zero-order valence-corrected chi connectivity index (χ0v) is 41.5. The highest BCUT2D eigenvalue weighted by Gasteiger charge is 2.61. The van der Waals surface area contributed by atoms with E-state index >= 15 is 4.79 Å². The normalized spacial score (nSPS) is 35.5. The molecule has 14 atom stereocenters. The Morgan fingerprint density at radius 3 is 2.37 bits per heavy atom. The first-order valence-corrected chi connectivity index (χ1v) is 24.1. The second-order valence-electron chi connectivity index (χ2n) is 19.8. The van der Waals surface area contributed by atoms with Gasteiger partial charge in [0.15, 0.2) is 11.4 Å². The molecule has 3 saturated heterocycles. The summed E-state index contributed by atoms with van der Waals surface area (Å²) in [5, 5.41) is 20.7. The number of benzene rings is 1. The number of ether oxygens (including phenoxy) is 6. The lowest BCUT2D eigenvalue weighted by Gasteiger charge is -2.52. The van der Waals surface area contributed by atoms with Gasteiger partial charge < -0.3 is 43.3 Å². The number of aromatic nitrogens is 4. The van der Waals surface area contributed by atoms with Gasteiger partial charge in [0.1, 0.15) is 29.6 Å². The van der Waals surface area contributed by atoms with Gasteiger partial charge in [0, 0.05) is 56.4 Å². The van der Waals surface area contributed by atoms with Gasteiger partial charge in [-0.25, -0.2) is 9.48 Å². The van der Waals surface area contributed by atoms with E-state index in [9.17, 15) is 19.5 Å². The summed E-state index contributed by atoms with van der Waals surface area (Å²) in [6.07, 6.45) is -0.125. The molecule has 2 aromatic heterocycles. The third-order valence-corrected chi connectivity index (χ3v) is 14.9. The van der Waals surface area contributed by atoms with Crippen LogP contribution in [0.5, 0.6) is 0 Å². The molecular weight excluding hydrogens is 861 g/mol. The molecule has 0 spiro atoms. The van der Waals surface area contributed by atoms with Crippen LogP contribution in [0.1, 0.15) is 107 Å². The van der Waals surface area contributed by atoms with Gasteiger partial charge in [-0.05, 0) is 104 Å². The molecule has 1 aromatic carbocycles. The number of carbonyl (C=O) groups excluding carboxylic acids is 4. The molecule has 17 nitrogen and oxygen atoms in total. The summed E-state index contributed by atoms with van der Waals surface area (Å²) < 4.78 is 41.0. The first-order valence-electron chi connectivity index (χ1n) is 24.1. The number of likely N-dealkylation sites (N-methyl/N-ethyl adjacent to an activating group) is 1. The Labute approximate surface area is 395 Å². The number of esters is 2. The Kier molecular flexibility index (Phi) is 16.6. The van der Waals surface area contributed by atoms with Gasteiger partial charge in [-0.2, -0.15) is 0 Å². The van der Waals surface area contributed by atoms with Crippen LogP contribution >= 0.6 is 0 Å². The van der Waals surface area contributed by atoms with Crippen molar-refractivity contribution in [2.75, 3.05) is 27.2 Å². The van der Waals surface area contributed by atoms with Crippen molar-refractivity contribution in [2.24, 2.45) is 23.7 Å². The maximum Gasteiger partial charge on any atom is 0.410 e. The minimum Gasteiger partial charge on any atom is -0.461 e. The fourth-order valence-corrected chi connectivity index (χ4v) is 11.1. The number of aliphatic hydroxyl groups is 1. The average Bonchev–Trinajstić information content (AvgIpc) is 3.84. The second kappa shape index (κ2) is 21.4. The standard InChI is InChI=1S/C50H74N6O11/c1-13-39-49(9)43(55(47(61)67-49)24-17-18-25-56-37-22-16-15-21-36(37)52-53-56)32(5)41(58)30(3)28-48(8,62-12)45(66-50(10)44(59)38(54(11)14-2)26-31(4)65-50)33(6)42(34(7)46(60)63-39)64-40(57)27-35-20-19-23-51-29-35/h15-16,19-23,29-34,38-39,42-45,59H,13-14,17-18,24-28H2,1-12H3/t30-,31-,32+,33+,34-,38+,39-,42?,43-,44-,45-,48-,49-,50+/m1/s1. The Balaban J connectivity index is 1.39. The van der Waals surface area contributed by atoms with Crippen molar-refractivity contribution in [1.29, 1.82) is 0 Å². The van der Waals surface area contributed by atoms with E-state index < -0.39 is 89.2 Å². The number of ketones is 1. The number of fused-ring (bicyclic) bond motifs is 2. The highest BCUT2D eigenvalue weighted by molar-refractivity contribution is 5.85. The number of aryl methyl sites for hydroxylation is 1. The van der Waals surface area contributed by atoms with Crippen molar-refractivity contribution >= 4 is 34.8 Å². The van der Waals surface area contributed by atoms with Crippen molar-refractivity contribution in [2.45, 2.75) is 174 Å². The fourth-order valence-electron chi connectivity index (χ4n) is 11.1. The topological polar surface area (TPSA) is 194 Å². The number of hydrogen-bond acceptors (Lipinski definition) is 15. The summed E-state index contributed by atoms with van der Waals surface area (Å²) in [6, 6.07) is 10.0. The molecule has 3 aromatic rings. The summed E-state index contributed by atoms with van der Waals surface area (Å²) in [6.45, 7) is 19.6. The number of aliphatic hydroxyl groups excluding tert-OH is 1. The van der Waals surface area contributed by atoms with E-state index in [1.54, 1.807) is 57.1 Å². The third kappa shape index (κ3) is 10.9. The van der Waals surface area contributed by atoms with E-state index in [4.69, 9.17) is 28.4 Å². The Bertz CT molecular complexity index is 2180. The highest BCUT2D eigenvalue weighted by Crippen LogP contribution is 2.45. The number of hydrogen-bond donors (Lipinski definition) is 1. The van der Waals surface area contributed by atoms with Gasteiger partial charge >= 0.3 is 18.0 Å². The van der Waals surface area contributed by atoms with E-state index in [0.717, 1.165) is 11.0 Å².